The maximum atomic E-state index is 13.0. The van der Waals surface area contributed by atoms with Gasteiger partial charge in [0.15, 0.2) is 17.5 Å². The molecule has 34 heavy (non-hydrogen) atoms. The third-order valence-electron chi connectivity index (χ3n) is 5.61. The van der Waals surface area contributed by atoms with Gasteiger partial charge in [-0.15, -0.1) is 10.1 Å². The van der Waals surface area contributed by atoms with E-state index in [1.165, 1.54) is 0 Å². The average molecular weight is 461 g/mol. The molecule has 3 aromatic rings. The topological polar surface area (TPSA) is 88.9 Å². The number of hydrazine groups is 1. The number of carbonyl (C=O) groups excluding carboxylic acids is 2. The normalized spacial score (nSPS) is 18.3. The lowest BCUT2D eigenvalue weighted by Crippen LogP contribution is -2.42. The Kier molecular flexibility index (Phi) is 6.77. The van der Waals surface area contributed by atoms with Crippen molar-refractivity contribution < 1.29 is 28.5 Å². The molecule has 1 aliphatic heterocycles. The Morgan fingerprint density at radius 1 is 0.912 bits per heavy atom. The molecule has 8 nitrogen and oxygen atoms in total. The Balaban J connectivity index is 1.72. The van der Waals surface area contributed by atoms with Crippen molar-refractivity contribution in [2.24, 2.45) is 0 Å². The summed E-state index contributed by atoms with van der Waals surface area (Å²) in [6, 6.07) is 20.3. The van der Waals surface area contributed by atoms with Crippen LogP contribution in [-0.2, 0) is 4.79 Å². The first-order valence-electron chi connectivity index (χ1n) is 10.7. The van der Waals surface area contributed by atoms with E-state index in [1.807, 2.05) is 42.5 Å². The molecular formula is C26H26N3O5+. The molecule has 3 aromatic carbocycles. The van der Waals surface area contributed by atoms with Gasteiger partial charge in [-0.2, -0.15) is 0 Å². The fourth-order valence-electron chi connectivity index (χ4n) is 3.89. The number of hydrogen-bond donors (Lipinski definition) is 2. The summed E-state index contributed by atoms with van der Waals surface area (Å²) in [5.41, 5.74) is 4.96. The van der Waals surface area contributed by atoms with Crippen LogP contribution in [0.2, 0.25) is 0 Å². The summed E-state index contributed by atoms with van der Waals surface area (Å²) in [6.07, 6.45) is 1.80. The SMILES string of the molecule is COc1ccc([C@H]2[C@H](NC(=O)c3ccccc3)C(=O)N/[N+]2=C\c2ccc(OC)c(OC)c2)cc1. The smallest absolute Gasteiger partial charge is 0.304 e. The molecule has 2 amide bonds. The highest BCUT2D eigenvalue weighted by atomic mass is 16.5. The third-order valence-corrected chi connectivity index (χ3v) is 5.61. The Labute approximate surface area is 197 Å². The van der Waals surface area contributed by atoms with Gasteiger partial charge >= 0.3 is 5.91 Å². The van der Waals surface area contributed by atoms with E-state index in [0.29, 0.717) is 22.8 Å². The van der Waals surface area contributed by atoms with Crippen LogP contribution in [0.4, 0.5) is 0 Å². The van der Waals surface area contributed by atoms with E-state index in [9.17, 15) is 9.59 Å². The lowest BCUT2D eigenvalue weighted by atomic mass is 9.99. The highest BCUT2D eigenvalue weighted by Crippen LogP contribution is 2.29. The third kappa shape index (κ3) is 4.71. The van der Waals surface area contributed by atoms with Crippen LogP contribution in [0.5, 0.6) is 17.2 Å². The molecule has 4 rings (SSSR count). The van der Waals surface area contributed by atoms with Gasteiger partial charge in [0.2, 0.25) is 12.3 Å². The summed E-state index contributed by atoms with van der Waals surface area (Å²) in [7, 11) is 4.73. The van der Waals surface area contributed by atoms with Crippen molar-refractivity contribution in [1.29, 1.82) is 0 Å². The molecule has 1 saturated heterocycles. The quantitative estimate of drug-likeness (QED) is 0.530. The van der Waals surface area contributed by atoms with Crippen LogP contribution >= 0.6 is 0 Å². The van der Waals surface area contributed by atoms with Crippen molar-refractivity contribution in [2.75, 3.05) is 21.3 Å². The number of hydrazone groups is 1. The van der Waals surface area contributed by atoms with Crippen LogP contribution in [0, 0.1) is 0 Å². The summed E-state index contributed by atoms with van der Waals surface area (Å²) >= 11 is 0. The Hall–Kier alpha value is -4.33. The molecule has 1 aliphatic rings. The van der Waals surface area contributed by atoms with Gasteiger partial charge in [-0.3, -0.25) is 9.59 Å². The number of nitrogens with zero attached hydrogens (tertiary/aromatic N) is 1. The zero-order valence-electron chi connectivity index (χ0n) is 19.1. The van der Waals surface area contributed by atoms with E-state index in [4.69, 9.17) is 14.2 Å². The molecule has 1 fully saturated rings. The lowest BCUT2D eigenvalue weighted by molar-refractivity contribution is -0.596. The van der Waals surface area contributed by atoms with Crippen molar-refractivity contribution in [2.45, 2.75) is 12.1 Å². The van der Waals surface area contributed by atoms with Gasteiger partial charge in [0.25, 0.3) is 5.91 Å². The fourth-order valence-corrected chi connectivity index (χ4v) is 3.89. The van der Waals surface area contributed by atoms with Crippen molar-refractivity contribution in [3.8, 4) is 17.2 Å². The van der Waals surface area contributed by atoms with Crippen LogP contribution in [0.25, 0.3) is 0 Å². The molecule has 0 aliphatic carbocycles. The van der Waals surface area contributed by atoms with Crippen molar-refractivity contribution in [3.63, 3.8) is 0 Å². The molecule has 1 heterocycles. The van der Waals surface area contributed by atoms with E-state index >= 15 is 0 Å². The Bertz CT molecular complexity index is 1210. The number of methoxy groups -OCH3 is 3. The molecule has 8 heteroatoms. The summed E-state index contributed by atoms with van der Waals surface area (Å²) < 4.78 is 17.7. The molecule has 0 aromatic heterocycles. The van der Waals surface area contributed by atoms with E-state index in [1.54, 1.807) is 62.6 Å². The van der Waals surface area contributed by atoms with E-state index in [-0.39, 0.29) is 11.8 Å². The van der Waals surface area contributed by atoms with Crippen LogP contribution in [-0.4, -0.2) is 50.1 Å². The van der Waals surface area contributed by atoms with Gasteiger partial charge < -0.3 is 19.5 Å². The summed E-state index contributed by atoms with van der Waals surface area (Å²) in [5.74, 6) is 1.22. The maximum absolute atomic E-state index is 13.0. The first-order chi connectivity index (χ1) is 16.5. The second kappa shape index (κ2) is 10.1. The molecule has 0 saturated carbocycles. The highest BCUT2D eigenvalue weighted by Gasteiger charge is 2.47. The number of benzene rings is 3. The summed E-state index contributed by atoms with van der Waals surface area (Å²) in [4.78, 5) is 25.9. The van der Waals surface area contributed by atoms with E-state index in [2.05, 4.69) is 10.7 Å². The predicted octanol–water partition coefficient (Wildman–Crippen LogP) is 2.73. The summed E-state index contributed by atoms with van der Waals surface area (Å²) in [5, 5.41) is 2.89. The van der Waals surface area contributed by atoms with Crippen LogP contribution < -0.4 is 25.0 Å². The Morgan fingerprint density at radius 3 is 2.26 bits per heavy atom. The minimum Gasteiger partial charge on any atom is -0.497 e. The molecule has 0 bridgehead atoms. The number of rotatable bonds is 7. The monoisotopic (exact) mass is 460 g/mol. The summed E-state index contributed by atoms with van der Waals surface area (Å²) in [6.45, 7) is 0. The molecule has 0 unspecified atom stereocenters. The zero-order valence-corrected chi connectivity index (χ0v) is 19.1. The van der Waals surface area contributed by atoms with Crippen LogP contribution in [0.1, 0.15) is 27.5 Å². The van der Waals surface area contributed by atoms with E-state index < -0.39 is 12.1 Å². The first-order valence-corrected chi connectivity index (χ1v) is 10.7. The predicted molar refractivity (Wildman–Crippen MR) is 127 cm³/mol. The minimum absolute atomic E-state index is 0.318. The largest absolute Gasteiger partial charge is 0.497 e. The van der Waals surface area contributed by atoms with Gasteiger partial charge in [0.05, 0.1) is 21.3 Å². The van der Waals surface area contributed by atoms with Crippen molar-refractivity contribution in [1.82, 2.24) is 10.7 Å². The first kappa shape index (κ1) is 22.8. The maximum Gasteiger partial charge on any atom is 0.304 e. The molecule has 174 valence electrons. The molecule has 0 spiro atoms. The van der Waals surface area contributed by atoms with Gasteiger partial charge in [-0.05, 0) is 54.6 Å². The van der Waals surface area contributed by atoms with Crippen molar-refractivity contribution in [3.05, 3.63) is 89.5 Å². The average Bonchev–Trinajstić information content (AvgIpc) is 3.18. The second-order valence-corrected chi connectivity index (χ2v) is 7.66. The fraction of sp³-hybridized carbons (Fsp3) is 0.192. The zero-order chi connectivity index (χ0) is 24.1. The van der Waals surface area contributed by atoms with Gasteiger partial charge in [0, 0.05) is 16.7 Å². The van der Waals surface area contributed by atoms with Gasteiger partial charge in [-0.1, -0.05) is 18.2 Å². The number of amides is 2. The van der Waals surface area contributed by atoms with E-state index in [0.717, 1.165) is 11.1 Å². The number of hydrogen-bond acceptors (Lipinski definition) is 5. The minimum atomic E-state index is -0.822. The highest BCUT2D eigenvalue weighted by molar-refractivity contribution is 5.98. The van der Waals surface area contributed by atoms with Crippen molar-refractivity contribution >= 4 is 18.0 Å². The second-order valence-electron chi connectivity index (χ2n) is 7.66. The molecule has 2 N–H and O–H groups in total. The number of nitrogens with one attached hydrogen (secondary N) is 2. The van der Waals surface area contributed by atoms with Gasteiger partial charge in [-0.25, -0.2) is 0 Å². The van der Waals surface area contributed by atoms with Crippen LogP contribution in [0.3, 0.4) is 0 Å². The molecule has 2 atom stereocenters. The lowest BCUT2D eigenvalue weighted by Gasteiger charge is -2.15. The van der Waals surface area contributed by atoms with Gasteiger partial charge in [0.1, 0.15) is 5.75 Å². The Morgan fingerprint density at radius 2 is 1.62 bits per heavy atom. The molecular weight excluding hydrogens is 434 g/mol. The van der Waals surface area contributed by atoms with Crippen LogP contribution in [0.15, 0.2) is 72.8 Å². The number of carbonyl (C=O) groups is 2. The molecule has 0 radical (unpaired) electrons. The standard InChI is InChI=1S/C26H25N3O5/c1-32-20-12-10-18(11-13-20)24-23(27-25(30)19-7-5-4-6-8-19)26(31)28-29(24)16-17-9-14-21(33-2)22(15-17)34-3/h4-16,23-24H,1-3H3,(H-,27,28,30,31)/p+1/b29-16-/t23-,24-/m0/s1. The number of ether oxygens (including phenoxy) is 3.